The van der Waals surface area contributed by atoms with E-state index in [1.807, 2.05) is 0 Å². The van der Waals surface area contributed by atoms with Gasteiger partial charge in [-0.2, -0.15) is 0 Å². The molecule has 284 valence electrons. The number of hydrogen-bond acceptors (Lipinski definition) is 6. The molecule has 3 fully saturated rings. The fourth-order valence-electron chi connectivity index (χ4n) is 7.61. The van der Waals surface area contributed by atoms with Crippen molar-refractivity contribution in [3.8, 4) is 22.9 Å². The standard InChI is InChI=1S/C42H45F2N4O5.BrH/c1-4-46(33-21-31(43)20-32(44)22-33)42(50)39-27-47(34-23-36(51-2)25-37(24-34)52-3)40-26-35(11-12-38(40)41(39)49)53-19-5-6-29-7-9-30(10-8-29)28-48-16-13-45(14-17-48)15-18-48;/h7-12,20-27H,4-6,13-19,28H2,1-3H3;1H/q+1;/p-1. The molecule has 54 heavy (non-hydrogen) atoms. The second kappa shape index (κ2) is 16.7. The highest BCUT2D eigenvalue weighted by atomic mass is 79.9. The van der Waals surface area contributed by atoms with Crippen molar-refractivity contribution in [1.82, 2.24) is 9.47 Å². The van der Waals surface area contributed by atoms with Crippen LogP contribution in [-0.4, -0.2) is 86.5 Å². The topological polar surface area (TPSA) is 73.2 Å². The van der Waals surface area contributed by atoms with Crippen molar-refractivity contribution in [2.45, 2.75) is 26.3 Å². The third-order valence-corrected chi connectivity index (χ3v) is 10.6. The Kier molecular flexibility index (Phi) is 12.0. The number of carbonyl (C=O) groups is 1. The van der Waals surface area contributed by atoms with Crippen LogP contribution >= 0.6 is 0 Å². The lowest BCUT2D eigenvalue weighted by Crippen LogP contribution is -3.00. The Hall–Kier alpha value is -4.78. The zero-order valence-electron chi connectivity index (χ0n) is 30.8. The summed E-state index contributed by atoms with van der Waals surface area (Å²) in [5, 5.41) is 0.267. The third-order valence-electron chi connectivity index (χ3n) is 10.6. The molecule has 2 bridgehead atoms. The quantitative estimate of drug-likeness (QED) is 0.134. The fraction of sp³-hybridized carbons (Fsp3) is 0.333. The largest absolute Gasteiger partial charge is 1.00 e. The van der Waals surface area contributed by atoms with E-state index in [4.69, 9.17) is 14.2 Å². The molecule has 4 aromatic carbocycles. The van der Waals surface area contributed by atoms with Gasteiger partial charge in [-0.3, -0.25) is 14.5 Å². The molecule has 3 aliphatic heterocycles. The summed E-state index contributed by atoms with van der Waals surface area (Å²) in [5.41, 5.74) is 3.03. The molecular formula is C42H45BrF2N4O5. The van der Waals surface area contributed by atoms with Crippen LogP contribution in [0.25, 0.3) is 16.6 Å². The summed E-state index contributed by atoms with van der Waals surface area (Å²) < 4.78 is 48.5. The van der Waals surface area contributed by atoms with Crippen LogP contribution in [0.2, 0.25) is 0 Å². The predicted molar refractivity (Wildman–Crippen MR) is 202 cm³/mol. The van der Waals surface area contributed by atoms with E-state index in [1.54, 1.807) is 47.9 Å². The lowest BCUT2D eigenvalue weighted by atomic mass is 10.0. The lowest BCUT2D eigenvalue weighted by Gasteiger charge is -2.50. The SMILES string of the molecule is CCN(C(=O)c1cn(-c2cc(OC)cc(OC)c2)c2cc(OCCCc3ccc(C[N+]45CCN(CC4)CC5)cc3)ccc2c1=O)c1cc(F)cc(F)c1.[Br-]. The van der Waals surface area contributed by atoms with E-state index in [-0.39, 0.29) is 40.2 Å². The number of aromatic nitrogens is 1. The van der Waals surface area contributed by atoms with Gasteiger partial charge < -0.3 is 45.1 Å². The second-order valence-corrected chi connectivity index (χ2v) is 13.9. The Bertz CT molecular complexity index is 2130. The van der Waals surface area contributed by atoms with Gasteiger partial charge >= 0.3 is 0 Å². The number of amides is 1. The van der Waals surface area contributed by atoms with Crippen molar-refractivity contribution in [2.75, 3.05) is 71.5 Å². The molecule has 0 spiro atoms. The van der Waals surface area contributed by atoms with E-state index in [0.717, 1.165) is 37.6 Å². The molecule has 9 nitrogen and oxygen atoms in total. The third kappa shape index (κ3) is 8.30. The van der Waals surface area contributed by atoms with Crippen molar-refractivity contribution in [2.24, 2.45) is 0 Å². The van der Waals surface area contributed by atoms with Gasteiger partial charge in [-0.05, 0) is 49.6 Å². The van der Waals surface area contributed by atoms with Gasteiger partial charge in [0.15, 0.2) is 0 Å². The first-order chi connectivity index (χ1) is 25.7. The average Bonchev–Trinajstić information content (AvgIpc) is 3.17. The minimum absolute atomic E-state index is 0. The number of hydrogen-bond donors (Lipinski definition) is 0. The van der Waals surface area contributed by atoms with Crippen LogP contribution in [0.4, 0.5) is 14.5 Å². The Morgan fingerprint density at radius 2 is 1.44 bits per heavy atom. The summed E-state index contributed by atoms with van der Waals surface area (Å²) in [6.07, 6.45) is 3.11. The number of rotatable bonds is 13. The lowest BCUT2D eigenvalue weighted by molar-refractivity contribution is -0.953. The van der Waals surface area contributed by atoms with Crippen LogP contribution in [0.3, 0.4) is 0 Å². The Morgan fingerprint density at radius 3 is 2.06 bits per heavy atom. The first-order valence-electron chi connectivity index (χ1n) is 18.2. The average molecular weight is 804 g/mol. The normalized spacial score (nSPS) is 17.5. The van der Waals surface area contributed by atoms with Crippen molar-refractivity contribution in [1.29, 1.82) is 0 Å². The van der Waals surface area contributed by atoms with Crippen LogP contribution in [0.5, 0.6) is 17.2 Å². The van der Waals surface area contributed by atoms with Gasteiger partial charge in [0.25, 0.3) is 5.91 Å². The van der Waals surface area contributed by atoms with Gasteiger partial charge in [0.1, 0.15) is 41.0 Å². The van der Waals surface area contributed by atoms with Crippen molar-refractivity contribution in [3.63, 3.8) is 0 Å². The molecule has 0 N–H and O–H groups in total. The number of benzene rings is 4. The van der Waals surface area contributed by atoms with Crippen molar-refractivity contribution >= 4 is 22.5 Å². The maximum atomic E-state index is 14.2. The van der Waals surface area contributed by atoms with Gasteiger partial charge in [-0.15, -0.1) is 0 Å². The molecule has 8 rings (SSSR count). The van der Waals surface area contributed by atoms with Crippen LogP contribution in [-0.2, 0) is 13.0 Å². The molecule has 0 radical (unpaired) electrons. The summed E-state index contributed by atoms with van der Waals surface area (Å²) >= 11 is 0. The number of ether oxygens (including phenoxy) is 3. The van der Waals surface area contributed by atoms with Crippen LogP contribution in [0.15, 0.2) is 89.9 Å². The highest BCUT2D eigenvalue weighted by Gasteiger charge is 2.38. The molecule has 0 atom stereocenters. The zero-order valence-corrected chi connectivity index (χ0v) is 32.4. The van der Waals surface area contributed by atoms with E-state index >= 15 is 0 Å². The number of nitrogens with zero attached hydrogens (tertiary/aromatic N) is 4. The number of aryl methyl sites for hydroxylation is 1. The number of halogens is 3. The number of pyridine rings is 1. The van der Waals surface area contributed by atoms with Crippen LogP contribution < -0.4 is 41.5 Å². The first-order valence-corrected chi connectivity index (χ1v) is 18.2. The molecule has 12 heteroatoms. The minimum atomic E-state index is -0.828. The molecule has 0 unspecified atom stereocenters. The van der Waals surface area contributed by atoms with Gasteiger partial charge in [0.2, 0.25) is 5.43 Å². The molecule has 4 heterocycles. The smallest absolute Gasteiger partial charge is 0.263 e. The summed E-state index contributed by atoms with van der Waals surface area (Å²) in [5.74, 6) is -0.781. The van der Waals surface area contributed by atoms with Crippen molar-refractivity contribution < 1.29 is 49.3 Å². The van der Waals surface area contributed by atoms with Gasteiger partial charge in [-0.1, -0.05) is 24.3 Å². The minimum Gasteiger partial charge on any atom is -1.00 e. The summed E-state index contributed by atoms with van der Waals surface area (Å²) in [7, 11) is 3.07. The Labute approximate surface area is 324 Å². The van der Waals surface area contributed by atoms with Gasteiger partial charge in [0.05, 0.1) is 51.7 Å². The summed E-state index contributed by atoms with van der Waals surface area (Å²) in [6, 6.07) is 22.2. The number of quaternary nitrogens is 1. The number of fused-ring (bicyclic) bond motifs is 4. The molecule has 3 aliphatic rings. The summed E-state index contributed by atoms with van der Waals surface area (Å²) in [4.78, 5) is 31.7. The molecule has 5 aromatic rings. The molecular weight excluding hydrogens is 758 g/mol. The highest BCUT2D eigenvalue weighted by Crippen LogP contribution is 2.30. The van der Waals surface area contributed by atoms with Crippen molar-refractivity contribution in [3.05, 3.63) is 124 Å². The van der Waals surface area contributed by atoms with E-state index in [9.17, 15) is 18.4 Å². The van der Waals surface area contributed by atoms with E-state index in [2.05, 4.69) is 29.2 Å². The number of anilines is 1. The Morgan fingerprint density at radius 1 is 0.815 bits per heavy atom. The van der Waals surface area contributed by atoms with Crippen LogP contribution in [0, 0.1) is 11.6 Å². The second-order valence-electron chi connectivity index (χ2n) is 13.9. The van der Waals surface area contributed by atoms with E-state index < -0.39 is 23.0 Å². The zero-order chi connectivity index (χ0) is 37.1. The predicted octanol–water partition coefficient (Wildman–Crippen LogP) is 3.61. The maximum absolute atomic E-state index is 14.2. The monoisotopic (exact) mass is 802 g/mol. The Balaban J connectivity index is 0.00000497. The van der Waals surface area contributed by atoms with Gasteiger partial charge in [0, 0.05) is 79.3 Å². The number of carbonyl (C=O) groups excluding carboxylic acids is 1. The molecule has 1 amide bonds. The number of piperazine rings is 3. The molecule has 3 saturated heterocycles. The van der Waals surface area contributed by atoms with E-state index in [0.29, 0.717) is 35.1 Å². The van der Waals surface area contributed by atoms with Gasteiger partial charge in [-0.25, -0.2) is 8.78 Å². The molecule has 0 aliphatic carbocycles. The summed E-state index contributed by atoms with van der Waals surface area (Å²) in [6.45, 7) is 10.7. The van der Waals surface area contributed by atoms with Crippen LogP contribution in [0.1, 0.15) is 34.8 Å². The fourth-order valence-corrected chi connectivity index (χ4v) is 7.61. The highest BCUT2D eigenvalue weighted by molar-refractivity contribution is 6.07. The number of methoxy groups -OCH3 is 2. The first kappa shape index (κ1) is 38.9. The molecule has 0 saturated carbocycles. The molecule has 1 aromatic heterocycles. The maximum Gasteiger partial charge on any atom is 0.263 e. The van der Waals surface area contributed by atoms with E-state index in [1.165, 1.54) is 80.2 Å².